The molecule has 0 aliphatic carbocycles. The lowest BCUT2D eigenvalue weighted by molar-refractivity contribution is 0.656. The summed E-state index contributed by atoms with van der Waals surface area (Å²) in [6.07, 6.45) is 2.02. The van der Waals surface area contributed by atoms with Crippen molar-refractivity contribution in [1.29, 1.82) is 0 Å². The lowest BCUT2D eigenvalue weighted by atomic mass is 10.0. The van der Waals surface area contributed by atoms with Crippen LogP contribution in [0.25, 0.3) is 65.4 Å². The van der Waals surface area contributed by atoms with Gasteiger partial charge in [-0.05, 0) is 149 Å². The van der Waals surface area contributed by atoms with E-state index in [-0.39, 0.29) is 0 Å². The molecular formula is C54H40N2O2. The topological polar surface area (TPSA) is 32.8 Å². The molecule has 278 valence electrons. The summed E-state index contributed by atoms with van der Waals surface area (Å²) < 4.78 is 13.2. The van der Waals surface area contributed by atoms with E-state index < -0.39 is 0 Å². The smallest absolute Gasteiger partial charge is 0.139 e. The van der Waals surface area contributed by atoms with Gasteiger partial charge < -0.3 is 18.6 Å². The molecule has 11 aromatic rings. The van der Waals surface area contributed by atoms with E-state index in [4.69, 9.17) is 8.83 Å². The van der Waals surface area contributed by atoms with Crippen LogP contribution in [-0.4, -0.2) is 0 Å². The number of furan rings is 2. The zero-order valence-corrected chi connectivity index (χ0v) is 32.4. The number of para-hydroxylation sites is 2. The molecule has 0 amide bonds. The summed E-state index contributed by atoms with van der Waals surface area (Å²) in [7, 11) is 0. The second-order valence-electron chi connectivity index (χ2n) is 15.2. The second-order valence-corrected chi connectivity index (χ2v) is 15.2. The Morgan fingerprint density at radius 3 is 1.09 bits per heavy atom. The maximum Gasteiger partial charge on any atom is 0.139 e. The number of aryl methyl sites for hydroxylation is 2. The van der Waals surface area contributed by atoms with Gasteiger partial charge in [0.1, 0.15) is 22.3 Å². The minimum Gasteiger partial charge on any atom is -0.456 e. The molecule has 0 unspecified atom stereocenters. The van der Waals surface area contributed by atoms with E-state index in [1.807, 2.05) is 0 Å². The summed E-state index contributed by atoms with van der Waals surface area (Å²) in [5.74, 6) is 0. The summed E-state index contributed by atoms with van der Waals surface area (Å²) in [4.78, 5) is 4.63. The van der Waals surface area contributed by atoms with Gasteiger partial charge in [-0.3, -0.25) is 0 Å². The van der Waals surface area contributed by atoms with Gasteiger partial charge in [0.2, 0.25) is 0 Å². The highest BCUT2D eigenvalue weighted by Crippen LogP contribution is 2.42. The number of hydrogen-bond donors (Lipinski definition) is 0. The molecular weight excluding hydrogens is 709 g/mol. The lowest BCUT2D eigenvalue weighted by Crippen LogP contribution is -2.09. The van der Waals surface area contributed by atoms with Crippen molar-refractivity contribution < 1.29 is 8.83 Å². The molecule has 0 N–H and O–H groups in total. The van der Waals surface area contributed by atoms with Crippen molar-refractivity contribution in [2.45, 2.75) is 26.7 Å². The summed E-state index contributed by atoms with van der Waals surface area (Å²) in [6.45, 7) is 4.38. The molecule has 0 saturated heterocycles. The van der Waals surface area contributed by atoms with E-state index >= 15 is 0 Å². The lowest BCUT2D eigenvalue weighted by Gasteiger charge is -2.26. The third kappa shape index (κ3) is 5.76. The molecule has 0 bridgehead atoms. The van der Waals surface area contributed by atoms with E-state index in [0.29, 0.717) is 0 Å². The molecule has 0 spiro atoms. The fraction of sp³-hybridized carbons (Fsp3) is 0.0741. The van der Waals surface area contributed by atoms with Crippen molar-refractivity contribution in [1.82, 2.24) is 0 Å². The van der Waals surface area contributed by atoms with Gasteiger partial charge in [0.15, 0.2) is 0 Å². The monoisotopic (exact) mass is 748 g/mol. The van der Waals surface area contributed by atoms with Crippen molar-refractivity contribution in [2.24, 2.45) is 0 Å². The van der Waals surface area contributed by atoms with Crippen LogP contribution in [0.3, 0.4) is 0 Å². The zero-order valence-electron chi connectivity index (χ0n) is 32.4. The van der Waals surface area contributed by atoms with Gasteiger partial charge in [-0.1, -0.05) is 86.6 Å². The van der Waals surface area contributed by atoms with Gasteiger partial charge in [0, 0.05) is 61.7 Å². The first-order chi connectivity index (χ1) is 28.6. The average molecular weight is 749 g/mol. The van der Waals surface area contributed by atoms with E-state index in [9.17, 15) is 0 Å². The van der Waals surface area contributed by atoms with Crippen LogP contribution >= 0.6 is 0 Å². The fourth-order valence-electron chi connectivity index (χ4n) is 8.59. The standard InChI is InChI=1S/C54H40N2O2/c1-3-35-15-21-43(22-16-35)55(41-11-7-5-8-12-41)45-25-19-37-29-47-49-33-50-48-30-38-20-26-46(56(42-13-9-6-10-14-42)44-23-17-36(4-2)18-24-44)28-40(38)32-52(48)58-54(50)34-53(49)57-51(47)31-39(37)27-45/h5-34H,3-4H2,1-2H3. The molecule has 0 saturated carbocycles. The molecule has 11 rings (SSSR count). The molecule has 4 nitrogen and oxygen atoms in total. The highest BCUT2D eigenvalue weighted by atomic mass is 16.3. The van der Waals surface area contributed by atoms with Crippen molar-refractivity contribution in [3.8, 4) is 0 Å². The molecule has 58 heavy (non-hydrogen) atoms. The van der Waals surface area contributed by atoms with Crippen LogP contribution in [0.4, 0.5) is 34.1 Å². The molecule has 4 heteroatoms. The Kier molecular flexibility index (Phi) is 8.04. The van der Waals surface area contributed by atoms with Crippen molar-refractivity contribution >= 4 is 99.5 Å². The maximum atomic E-state index is 6.60. The minimum absolute atomic E-state index is 0.818. The van der Waals surface area contributed by atoms with Crippen LogP contribution in [0.15, 0.2) is 191 Å². The fourth-order valence-corrected chi connectivity index (χ4v) is 8.59. The summed E-state index contributed by atoms with van der Waals surface area (Å²) >= 11 is 0. The molecule has 9 aromatic carbocycles. The molecule has 2 heterocycles. The number of anilines is 6. The summed E-state index contributed by atoms with van der Waals surface area (Å²) in [5.41, 5.74) is 12.7. The van der Waals surface area contributed by atoms with Crippen molar-refractivity contribution in [3.63, 3.8) is 0 Å². The van der Waals surface area contributed by atoms with Gasteiger partial charge in [0.25, 0.3) is 0 Å². The van der Waals surface area contributed by atoms with Crippen LogP contribution in [0.2, 0.25) is 0 Å². The normalized spacial score (nSPS) is 11.8. The van der Waals surface area contributed by atoms with Crippen LogP contribution in [-0.2, 0) is 12.8 Å². The third-order valence-electron chi connectivity index (χ3n) is 11.7. The first kappa shape index (κ1) is 34.0. The second kappa shape index (κ2) is 13.7. The highest BCUT2D eigenvalue weighted by Gasteiger charge is 2.18. The minimum atomic E-state index is 0.818. The number of hydrogen-bond acceptors (Lipinski definition) is 4. The van der Waals surface area contributed by atoms with Gasteiger partial charge in [-0.15, -0.1) is 0 Å². The first-order valence-electron chi connectivity index (χ1n) is 20.2. The molecule has 0 aliphatic rings. The maximum absolute atomic E-state index is 6.60. The predicted molar refractivity (Wildman–Crippen MR) is 244 cm³/mol. The Morgan fingerprint density at radius 1 is 0.310 bits per heavy atom. The Bertz CT molecular complexity index is 3070. The number of rotatable bonds is 8. The van der Waals surface area contributed by atoms with Gasteiger partial charge >= 0.3 is 0 Å². The third-order valence-corrected chi connectivity index (χ3v) is 11.7. The number of benzene rings is 9. The number of nitrogens with zero attached hydrogens (tertiary/aromatic N) is 2. The van der Waals surface area contributed by atoms with Crippen LogP contribution in [0.5, 0.6) is 0 Å². The summed E-state index contributed by atoms with van der Waals surface area (Å²) in [5, 5.41) is 8.94. The summed E-state index contributed by atoms with van der Waals surface area (Å²) in [6, 6.07) is 65.5. The zero-order chi connectivity index (χ0) is 38.7. The van der Waals surface area contributed by atoms with Crippen LogP contribution < -0.4 is 9.80 Å². The Balaban J connectivity index is 0.992. The Morgan fingerprint density at radius 2 is 0.672 bits per heavy atom. The van der Waals surface area contributed by atoms with Gasteiger partial charge in [-0.25, -0.2) is 0 Å². The molecule has 0 fully saturated rings. The highest BCUT2D eigenvalue weighted by molar-refractivity contribution is 6.18. The predicted octanol–water partition coefficient (Wildman–Crippen LogP) is 15.9. The largest absolute Gasteiger partial charge is 0.456 e. The Hall–Kier alpha value is -7.30. The van der Waals surface area contributed by atoms with Crippen LogP contribution in [0, 0.1) is 0 Å². The van der Waals surface area contributed by atoms with E-state index in [0.717, 1.165) is 112 Å². The molecule has 0 aliphatic heterocycles. The number of fused-ring (bicyclic) bond motifs is 8. The molecule has 0 radical (unpaired) electrons. The Labute approximate surface area is 336 Å². The van der Waals surface area contributed by atoms with Crippen molar-refractivity contribution in [2.75, 3.05) is 9.80 Å². The van der Waals surface area contributed by atoms with Crippen molar-refractivity contribution in [3.05, 3.63) is 193 Å². The van der Waals surface area contributed by atoms with E-state index in [2.05, 4.69) is 206 Å². The first-order valence-corrected chi connectivity index (χ1v) is 20.2. The van der Waals surface area contributed by atoms with Gasteiger partial charge in [0.05, 0.1) is 0 Å². The molecule has 0 atom stereocenters. The van der Waals surface area contributed by atoms with Crippen LogP contribution in [0.1, 0.15) is 25.0 Å². The average Bonchev–Trinajstić information content (AvgIpc) is 3.80. The molecule has 2 aromatic heterocycles. The van der Waals surface area contributed by atoms with Gasteiger partial charge in [-0.2, -0.15) is 0 Å². The van der Waals surface area contributed by atoms with E-state index in [1.54, 1.807) is 0 Å². The SMILES string of the molecule is CCc1ccc(N(c2ccccc2)c2ccc3cc4c(cc3c2)oc2cc3oc5cc6cc(N(c7ccccc7)c7ccc(CC)cc7)ccc6cc5c3cc24)cc1. The quantitative estimate of drug-likeness (QED) is 0.155. The van der Waals surface area contributed by atoms with E-state index in [1.165, 1.54) is 11.1 Å².